The van der Waals surface area contributed by atoms with Crippen LogP contribution in [0.15, 0.2) is 29.4 Å². The van der Waals surface area contributed by atoms with Crippen molar-refractivity contribution in [2.45, 2.75) is 55.5 Å². The Hall–Kier alpha value is -1.53. The van der Waals surface area contributed by atoms with Crippen LogP contribution in [0, 0.1) is 0 Å². The Bertz CT molecular complexity index is 682. The summed E-state index contributed by atoms with van der Waals surface area (Å²) in [5, 5.41) is 11.3. The molecule has 0 radical (unpaired) electrons. The number of aromatic nitrogens is 3. The minimum absolute atomic E-state index is 0.0599. The third-order valence-corrected chi connectivity index (χ3v) is 5.40. The highest BCUT2D eigenvalue weighted by Gasteiger charge is 2.21. The van der Waals surface area contributed by atoms with E-state index in [0.29, 0.717) is 22.0 Å². The monoisotopic (exact) mass is 364 g/mol. The first-order valence-corrected chi connectivity index (χ1v) is 9.53. The van der Waals surface area contributed by atoms with Crippen LogP contribution in [0.3, 0.4) is 0 Å². The number of benzene rings is 1. The third kappa shape index (κ3) is 4.51. The fraction of sp³-hybridized carbons (Fsp3) is 0.471. The molecule has 3 rings (SSSR count). The summed E-state index contributed by atoms with van der Waals surface area (Å²) in [5.41, 5.74) is 0.915. The maximum Gasteiger partial charge on any atom is 0.233 e. The lowest BCUT2D eigenvalue weighted by molar-refractivity contribution is -0.121. The van der Waals surface area contributed by atoms with Gasteiger partial charge in [0, 0.05) is 16.6 Å². The summed E-state index contributed by atoms with van der Waals surface area (Å²) < 4.78 is 0. The highest BCUT2D eigenvalue weighted by Crippen LogP contribution is 2.24. The average Bonchev–Trinajstić information content (AvgIpc) is 3.05. The number of rotatable bonds is 5. The van der Waals surface area contributed by atoms with E-state index in [1.54, 1.807) is 0 Å². The lowest BCUT2D eigenvalue weighted by atomic mass is 9.95. The molecule has 0 aliphatic heterocycles. The second kappa shape index (κ2) is 8.03. The minimum atomic E-state index is -0.221. The molecule has 1 atom stereocenters. The molecule has 1 heterocycles. The molecular formula is C17H21ClN4OS. The van der Waals surface area contributed by atoms with E-state index < -0.39 is 0 Å². The number of aromatic amines is 1. The maximum atomic E-state index is 12.3. The summed E-state index contributed by atoms with van der Waals surface area (Å²) in [5.74, 6) is 0.735. The van der Waals surface area contributed by atoms with Gasteiger partial charge in [0.05, 0.1) is 5.25 Å². The van der Waals surface area contributed by atoms with Gasteiger partial charge in [-0.1, -0.05) is 42.6 Å². The molecule has 0 unspecified atom stereocenters. The van der Waals surface area contributed by atoms with Crippen LogP contribution >= 0.6 is 23.4 Å². The fourth-order valence-corrected chi connectivity index (χ4v) is 3.67. The predicted molar refractivity (Wildman–Crippen MR) is 97.2 cm³/mol. The number of H-pyrrole nitrogens is 1. The minimum Gasteiger partial charge on any atom is -0.352 e. The van der Waals surface area contributed by atoms with E-state index in [1.807, 2.05) is 31.2 Å². The van der Waals surface area contributed by atoms with Gasteiger partial charge in [0.25, 0.3) is 0 Å². The molecule has 1 aromatic heterocycles. The first kappa shape index (κ1) is 17.3. The Balaban J connectivity index is 1.57. The maximum absolute atomic E-state index is 12.3. The van der Waals surface area contributed by atoms with Gasteiger partial charge in [-0.25, -0.2) is 4.98 Å². The van der Waals surface area contributed by atoms with Crippen LogP contribution in [-0.4, -0.2) is 32.4 Å². The second-order valence-corrected chi connectivity index (χ2v) is 7.82. The number of nitrogens with one attached hydrogen (secondary N) is 2. The predicted octanol–water partition coefficient (Wildman–Crippen LogP) is 4.05. The number of amides is 1. The van der Waals surface area contributed by atoms with Gasteiger partial charge in [-0.05, 0) is 44.0 Å². The Kier molecular flexibility index (Phi) is 5.79. The van der Waals surface area contributed by atoms with Gasteiger partial charge in [-0.2, -0.15) is 0 Å². The first-order valence-electron chi connectivity index (χ1n) is 8.27. The van der Waals surface area contributed by atoms with Crippen molar-refractivity contribution in [3.05, 3.63) is 29.3 Å². The molecule has 0 bridgehead atoms. The van der Waals surface area contributed by atoms with Crippen LogP contribution in [0.1, 0.15) is 39.0 Å². The number of halogens is 1. The highest BCUT2D eigenvalue weighted by atomic mass is 35.5. The van der Waals surface area contributed by atoms with E-state index in [1.165, 1.54) is 31.0 Å². The van der Waals surface area contributed by atoms with Gasteiger partial charge in [-0.15, -0.1) is 5.10 Å². The average molecular weight is 365 g/mol. The summed E-state index contributed by atoms with van der Waals surface area (Å²) >= 11 is 7.26. The molecule has 1 aliphatic carbocycles. The van der Waals surface area contributed by atoms with Crippen LogP contribution in [0.2, 0.25) is 5.02 Å². The largest absolute Gasteiger partial charge is 0.352 e. The van der Waals surface area contributed by atoms with Crippen molar-refractivity contribution in [2.75, 3.05) is 0 Å². The number of carbonyl (C=O) groups excluding carboxylic acids is 1. The molecule has 7 heteroatoms. The SMILES string of the molecule is C[C@@H](Sc1n[nH]c(-c2ccc(Cl)cc2)n1)C(=O)NC1CCCCC1. The topological polar surface area (TPSA) is 70.7 Å². The Morgan fingerprint density at radius 2 is 2.00 bits per heavy atom. The molecule has 1 aromatic carbocycles. The number of hydrogen-bond acceptors (Lipinski definition) is 4. The van der Waals surface area contributed by atoms with E-state index in [2.05, 4.69) is 20.5 Å². The fourth-order valence-electron chi connectivity index (χ4n) is 2.81. The van der Waals surface area contributed by atoms with E-state index in [9.17, 15) is 4.79 Å². The van der Waals surface area contributed by atoms with Crippen LogP contribution < -0.4 is 5.32 Å². The smallest absolute Gasteiger partial charge is 0.233 e. The van der Waals surface area contributed by atoms with E-state index in [0.717, 1.165) is 18.4 Å². The van der Waals surface area contributed by atoms with Crippen molar-refractivity contribution in [3.8, 4) is 11.4 Å². The van der Waals surface area contributed by atoms with Crippen LogP contribution in [0.4, 0.5) is 0 Å². The molecule has 0 spiro atoms. The molecule has 1 fully saturated rings. The molecule has 0 saturated heterocycles. The van der Waals surface area contributed by atoms with Crippen molar-refractivity contribution in [1.29, 1.82) is 0 Å². The molecule has 2 aromatic rings. The number of thioether (sulfide) groups is 1. The molecule has 1 saturated carbocycles. The lowest BCUT2D eigenvalue weighted by Gasteiger charge is -2.24. The number of hydrogen-bond donors (Lipinski definition) is 2. The van der Waals surface area contributed by atoms with Gasteiger partial charge < -0.3 is 5.32 Å². The van der Waals surface area contributed by atoms with Crippen molar-refractivity contribution < 1.29 is 4.79 Å². The van der Waals surface area contributed by atoms with Crippen molar-refractivity contribution in [2.24, 2.45) is 0 Å². The molecule has 2 N–H and O–H groups in total. The first-order chi connectivity index (χ1) is 11.6. The van der Waals surface area contributed by atoms with Crippen molar-refractivity contribution in [3.63, 3.8) is 0 Å². The summed E-state index contributed by atoms with van der Waals surface area (Å²) in [6.07, 6.45) is 5.87. The standard InChI is InChI=1S/C17H21ClN4OS/c1-11(16(23)19-14-5-3-2-4-6-14)24-17-20-15(21-22-17)12-7-9-13(18)10-8-12/h7-11,14H,2-6H2,1H3,(H,19,23)(H,20,21,22)/t11-/m1/s1. The van der Waals surface area contributed by atoms with Gasteiger partial charge >= 0.3 is 0 Å². The normalized spacial score (nSPS) is 16.8. The summed E-state index contributed by atoms with van der Waals surface area (Å²) in [6.45, 7) is 1.89. The molecule has 1 aliphatic rings. The van der Waals surface area contributed by atoms with Gasteiger partial charge in [-0.3, -0.25) is 9.89 Å². The van der Waals surface area contributed by atoms with Crippen molar-refractivity contribution in [1.82, 2.24) is 20.5 Å². The van der Waals surface area contributed by atoms with E-state index in [4.69, 9.17) is 11.6 Å². The molecule has 1 amide bonds. The Labute approximate surface area is 151 Å². The zero-order valence-electron chi connectivity index (χ0n) is 13.6. The molecule has 128 valence electrons. The number of nitrogens with zero attached hydrogens (tertiary/aromatic N) is 2. The Morgan fingerprint density at radius 1 is 1.29 bits per heavy atom. The van der Waals surface area contributed by atoms with Crippen LogP contribution in [-0.2, 0) is 4.79 Å². The summed E-state index contributed by atoms with van der Waals surface area (Å²) in [6, 6.07) is 7.72. The zero-order chi connectivity index (χ0) is 16.9. The van der Waals surface area contributed by atoms with Crippen LogP contribution in [0.5, 0.6) is 0 Å². The third-order valence-electron chi connectivity index (χ3n) is 4.19. The second-order valence-electron chi connectivity index (χ2n) is 6.08. The van der Waals surface area contributed by atoms with Gasteiger partial charge in [0.15, 0.2) is 5.82 Å². The van der Waals surface area contributed by atoms with E-state index in [-0.39, 0.29) is 11.2 Å². The van der Waals surface area contributed by atoms with Crippen LogP contribution in [0.25, 0.3) is 11.4 Å². The summed E-state index contributed by atoms with van der Waals surface area (Å²) in [4.78, 5) is 16.8. The molecular weight excluding hydrogens is 344 g/mol. The quantitative estimate of drug-likeness (QED) is 0.785. The molecule has 5 nitrogen and oxygen atoms in total. The molecule has 24 heavy (non-hydrogen) atoms. The Morgan fingerprint density at radius 3 is 2.71 bits per heavy atom. The zero-order valence-corrected chi connectivity index (χ0v) is 15.2. The van der Waals surface area contributed by atoms with Gasteiger partial charge in [0.1, 0.15) is 0 Å². The highest BCUT2D eigenvalue weighted by molar-refractivity contribution is 8.00. The van der Waals surface area contributed by atoms with E-state index >= 15 is 0 Å². The number of carbonyl (C=O) groups is 1. The van der Waals surface area contributed by atoms with Gasteiger partial charge in [0.2, 0.25) is 11.1 Å². The summed E-state index contributed by atoms with van der Waals surface area (Å²) in [7, 11) is 0. The lowest BCUT2D eigenvalue weighted by Crippen LogP contribution is -2.40. The van der Waals surface area contributed by atoms with Crippen molar-refractivity contribution >= 4 is 29.3 Å².